The van der Waals surface area contributed by atoms with Gasteiger partial charge in [0.2, 0.25) is 15.9 Å². The first-order valence-electron chi connectivity index (χ1n) is 48.5. The molecular weight excluding hydrogens is 1920 g/mol. The van der Waals surface area contributed by atoms with E-state index < -0.39 is 5.43 Å². The molecule has 142 heavy (non-hydrogen) atoms. The predicted octanol–water partition coefficient (Wildman–Crippen LogP) is 14.9. The Bertz CT molecular complexity index is 6110. The zero-order valence-electron chi connectivity index (χ0n) is 82.3. The van der Waals surface area contributed by atoms with Gasteiger partial charge in [0.1, 0.15) is 22.6 Å². The molecule has 5 N–H and O–H groups in total. The van der Waals surface area contributed by atoms with Crippen molar-refractivity contribution in [3.05, 3.63) is 166 Å². The molecular formula is C98H128BCl5N26O12. The number of hydrogen-bond donors (Lipinski definition) is 3. The molecule has 0 radical (unpaired) electrons. The van der Waals surface area contributed by atoms with Crippen molar-refractivity contribution in [1.29, 1.82) is 0 Å². The molecule has 21 rings (SSSR count). The Labute approximate surface area is 852 Å². The maximum absolute atomic E-state index is 11.9. The first-order valence-corrected chi connectivity index (χ1v) is 50.4. The molecule has 2 amide bonds. The molecule has 9 aliphatic rings. The zero-order valence-corrected chi connectivity index (χ0v) is 86.1. The minimum Gasteiger partial charge on any atom is -0.457 e. The van der Waals surface area contributed by atoms with Gasteiger partial charge in [0.15, 0.2) is 28.4 Å². The van der Waals surface area contributed by atoms with E-state index in [0.29, 0.717) is 80.9 Å². The summed E-state index contributed by atoms with van der Waals surface area (Å²) < 4.78 is 55.6. The summed E-state index contributed by atoms with van der Waals surface area (Å²) in [7, 11) is 3.74. The van der Waals surface area contributed by atoms with Crippen LogP contribution in [0.1, 0.15) is 142 Å². The van der Waals surface area contributed by atoms with E-state index in [1.807, 2.05) is 116 Å². The number of anilines is 5. The summed E-state index contributed by atoms with van der Waals surface area (Å²) in [6.07, 6.45) is 14.9. The molecule has 12 aromatic rings. The average Bonchev–Trinajstić information content (AvgIpc) is 1.62. The van der Waals surface area contributed by atoms with Gasteiger partial charge < -0.3 is 83.8 Å². The maximum atomic E-state index is 11.9. The highest BCUT2D eigenvalue weighted by Crippen LogP contribution is 2.40. The fourth-order valence-electron chi connectivity index (χ4n) is 18.6. The number of carbonyl (C=O) groups excluding carboxylic acids is 3. The van der Waals surface area contributed by atoms with Crippen molar-refractivity contribution in [3.63, 3.8) is 0 Å². The van der Waals surface area contributed by atoms with E-state index in [4.69, 9.17) is 116 Å². The normalized spacial score (nSPS) is 20.5. The summed E-state index contributed by atoms with van der Waals surface area (Å²) in [5.41, 5.74) is 19.4. The quantitative estimate of drug-likeness (QED) is 0.0241. The molecule has 9 fully saturated rings. The smallest absolute Gasteiger partial charge is 0.457 e. The van der Waals surface area contributed by atoms with Gasteiger partial charge in [0.25, 0.3) is 0 Å². The van der Waals surface area contributed by atoms with Gasteiger partial charge in [-0.25, -0.2) is 48.1 Å². The van der Waals surface area contributed by atoms with Crippen LogP contribution in [-0.2, 0) is 55.6 Å². The topological polar surface area (TPSA) is 395 Å². The van der Waals surface area contributed by atoms with Crippen LogP contribution in [0.5, 0.6) is 0 Å². The third kappa shape index (κ3) is 27.1. The van der Waals surface area contributed by atoms with Gasteiger partial charge in [-0.3, -0.25) is 9.80 Å². The number of carbonyl (C=O) groups is 3. The van der Waals surface area contributed by atoms with Crippen molar-refractivity contribution in [2.75, 3.05) is 179 Å². The van der Waals surface area contributed by atoms with E-state index in [1.54, 1.807) is 16.0 Å². The average molecular weight is 2050 g/mol. The lowest BCUT2D eigenvalue weighted by Crippen LogP contribution is -2.41. The second-order valence-corrected chi connectivity index (χ2v) is 39.2. The number of ether oxygens (including phenoxy) is 7. The van der Waals surface area contributed by atoms with Gasteiger partial charge in [0, 0.05) is 146 Å². The monoisotopic (exact) mass is 2050 g/mol. The van der Waals surface area contributed by atoms with Crippen LogP contribution in [0, 0.1) is 0 Å². The summed E-state index contributed by atoms with van der Waals surface area (Å²) in [4.78, 5) is 84.2. The molecule has 38 nitrogen and oxygen atoms in total. The van der Waals surface area contributed by atoms with Gasteiger partial charge in [-0.1, -0.05) is 84.4 Å². The van der Waals surface area contributed by atoms with Crippen molar-refractivity contribution < 1.29 is 56.9 Å². The Morgan fingerprint density at radius 1 is 0.423 bits per heavy atom. The number of piperidine rings is 4. The lowest BCUT2D eigenvalue weighted by molar-refractivity contribution is 0.00578. The lowest BCUT2D eigenvalue weighted by Gasteiger charge is -2.33. The van der Waals surface area contributed by atoms with Crippen LogP contribution >= 0.6 is 58.0 Å². The summed E-state index contributed by atoms with van der Waals surface area (Å²) in [6.45, 7) is 34.7. The number of morpholine rings is 4. The van der Waals surface area contributed by atoms with Crippen molar-refractivity contribution in [3.8, 4) is 11.4 Å². The number of nitrogens with zero attached hydrogens (tertiary/aromatic N) is 23. The Hall–Kier alpha value is -10.8. The molecule has 44 heteroatoms. The number of halogens is 5. The Morgan fingerprint density at radius 2 is 0.768 bits per heavy atom. The Kier molecular flexibility index (Phi) is 36.6. The van der Waals surface area contributed by atoms with E-state index in [-0.39, 0.29) is 76.8 Å². The number of likely N-dealkylation sites (tertiary alicyclic amines) is 4. The number of nitrogen functional groups attached to an aromatic ring is 2. The molecule has 8 aromatic heterocycles. The predicted molar refractivity (Wildman–Crippen MR) is 552 cm³/mol. The lowest BCUT2D eigenvalue weighted by atomic mass is 9.79. The molecule has 0 aliphatic carbocycles. The number of amides is 2. The number of fused-ring (bicyclic) bond motifs is 4. The highest BCUT2D eigenvalue weighted by molar-refractivity contribution is 6.62. The van der Waals surface area contributed by atoms with Crippen LogP contribution in [0.25, 0.3) is 55.5 Å². The fraction of sp³-hybridized carbons (Fsp3) is 0.520. The highest BCUT2D eigenvalue weighted by atomic mass is 35.5. The molecule has 9 saturated heterocycles. The molecule has 0 saturated carbocycles. The zero-order chi connectivity index (χ0) is 100. The van der Waals surface area contributed by atoms with Gasteiger partial charge in [-0.15, -0.1) is 0 Å². The number of hydrogen-bond acceptors (Lipinski definition) is 32. The van der Waals surface area contributed by atoms with Crippen LogP contribution in [0.2, 0.25) is 21.0 Å². The number of rotatable bonds is 13. The van der Waals surface area contributed by atoms with Crippen LogP contribution in [0.4, 0.5) is 43.2 Å². The van der Waals surface area contributed by atoms with E-state index in [0.717, 1.165) is 228 Å². The third-order valence-electron chi connectivity index (χ3n) is 26.9. The molecule has 17 heterocycles. The number of benzene rings is 4. The van der Waals surface area contributed by atoms with Crippen molar-refractivity contribution in [1.82, 2.24) is 104 Å². The second kappa shape index (κ2) is 49.2. The van der Waals surface area contributed by atoms with Gasteiger partial charge in [0.05, 0.1) is 154 Å². The van der Waals surface area contributed by atoms with Crippen molar-refractivity contribution in [2.24, 2.45) is 0 Å². The number of methoxy groups -OCH3 is 3. The number of nitrogens with one attached hydrogen (secondary N) is 1. The van der Waals surface area contributed by atoms with E-state index in [9.17, 15) is 14.4 Å². The first kappa shape index (κ1) is 106. The summed E-state index contributed by atoms with van der Waals surface area (Å²) >= 11 is 29.3. The molecule has 4 unspecified atom stereocenters. The van der Waals surface area contributed by atoms with Crippen LogP contribution in [0.3, 0.4) is 0 Å². The number of nitrogens with two attached hydrogens (primary N) is 2. The Balaban J connectivity index is 0.000000131. The molecule has 4 aromatic carbocycles. The third-order valence-corrected chi connectivity index (χ3v) is 27.9. The van der Waals surface area contributed by atoms with E-state index in [2.05, 4.69) is 172 Å². The first-order chi connectivity index (χ1) is 68.4. The highest BCUT2D eigenvalue weighted by Gasteiger charge is 2.52. The minimum absolute atomic E-state index is 0.126. The van der Waals surface area contributed by atoms with E-state index >= 15 is 0 Å². The second-order valence-electron chi connectivity index (χ2n) is 37.5. The molecule has 9 aliphatic heterocycles. The van der Waals surface area contributed by atoms with Crippen LogP contribution in [-0.4, -0.2) is 311 Å². The summed E-state index contributed by atoms with van der Waals surface area (Å²) in [5, 5.41) is 26.3. The van der Waals surface area contributed by atoms with Gasteiger partial charge in [-0.2, -0.15) is 45.3 Å². The van der Waals surface area contributed by atoms with Gasteiger partial charge in [-0.05, 0) is 195 Å². The molecule has 0 spiro atoms. The standard InChI is InChI=1S/C23H29N7O3.C22H27ClN6O.C17H17Cl2N5.C17H23ClN6O3.C12H18BNO2.C5H11NO.C2H3ClO2/c1-15-14-29(11-12-33-15)21-19-13-25-30(18-7-9-28(10-8-18)23(31)32-2)22(19)27-20(26-21)16-3-5-17(24)6-4-16;1-16-14-28(11-12-30-16)20-19-13-24-29(21(19)26-22(23)25-20)18-7-9-27(10-8-18)15-17-5-3-2-4-6-17;18-15-14-10-20-24(16(14)22-17(19)21-15)13-6-8-23(9-7-13)11-12-4-2-1-3-5-12;1-11-10-23(7-8-27-11)14-13-9-19-24(15(13)21-16(18)20-14)12-3-5-22(6-4-12)17(25)26-2;1-11(2)12(3,4)16-13(15-11)9-5-7-10(14)8-6-9;1-5-4-6-2-3-7-5;1-5-2(3)4/h3-6,13,15,18H,7-12,14,24H2,1-2H3;2-6,13,16,18H,7-12,14-15H2,1H3;1-5,10,13H,6-9,11H2;9,11-12H,3-8,10H2,1-2H3;5-8H,14H2,1-4H3;5-6H,2-4H2,1H3;1H3. The van der Waals surface area contributed by atoms with Gasteiger partial charge >= 0.3 is 24.7 Å². The fourth-order valence-corrected chi connectivity index (χ4v) is 19.4. The summed E-state index contributed by atoms with van der Waals surface area (Å²) in [6, 6.07) is 37.4. The number of aromatic nitrogens is 16. The van der Waals surface area contributed by atoms with E-state index in [1.165, 1.54) is 32.5 Å². The van der Waals surface area contributed by atoms with Crippen molar-refractivity contribution >= 4 is 161 Å². The Morgan fingerprint density at radius 3 is 1.12 bits per heavy atom. The molecule has 4 atom stereocenters. The van der Waals surface area contributed by atoms with Crippen LogP contribution in [0.15, 0.2) is 134 Å². The SMILES string of the molecule is CC1(C)OB(c2ccc(N)cc2)OC1(C)C.CC1CN(c2nc(Cl)nc3c2cnn3C2CCN(Cc3ccccc3)CC2)CCO1.CC1CNCCO1.COC(=O)Cl.COC(=O)N1CCC(n2ncc3c(N4CCOC(C)C4)nc(-c4ccc(N)cc4)nc32)CC1.COC(=O)N1CCC(n2ncc3c(N4CCOC(C)C4)nc(Cl)nc32)CC1.Clc1nc(Cl)c2cnn(C3CCN(Cc4ccccc4)CC3)c2n1. The largest absolute Gasteiger partial charge is 0.494 e. The van der Waals surface area contributed by atoms with Crippen molar-refractivity contribution in [2.45, 2.75) is 180 Å². The van der Waals surface area contributed by atoms with Crippen LogP contribution < -0.4 is 36.9 Å². The minimum atomic E-state index is -0.773. The molecule has 760 valence electrons. The summed E-state index contributed by atoms with van der Waals surface area (Å²) in [5.74, 6) is 3.19. The maximum Gasteiger partial charge on any atom is 0.494 e. The molecule has 0 bridgehead atoms.